The molecular weight excluding hydrogens is 396 g/mol. The van der Waals surface area contributed by atoms with Crippen molar-refractivity contribution in [3.8, 4) is 0 Å². The molecule has 5 nitrogen and oxygen atoms in total. The minimum absolute atomic E-state index is 0.0156. The van der Waals surface area contributed by atoms with Gasteiger partial charge in [0.2, 0.25) is 0 Å². The summed E-state index contributed by atoms with van der Waals surface area (Å²) in [6, 6.07) is 21.8. The molecule has 6 heteroatoms. The third kappa shape index (κ3) is 4.51. The summed E-state index contributed by atoms with van der Waals surface area (Å²) in [7, 11) is -3.83. The lowest BCUT2D eigenvalue weighted by molar-refractivity contribution is 0.107. The first-order valence-corrected chi connectivity index (χ1v) is 12.0. The van der Waals surface area contributed by atoms with Crippen LogP contribution in [-0.2, 0) is 10.0 Å². The van der Waals surface area contributed by atoms with Gasteiger partial charge in [-0.15, -0.1) is 0 Å². The molecule has 0 amide bonds. The number of aliphatic hydroxyl groups is 1. The Morgan fingerprint density at radius 3 is 2.30 bits per heavy atom. The molecule has 0 spiro atoms. The highest BCUT2D eigenvalue weighted by molar-refractivity contribution is 7.92. The van der Waals surface area contributed by atoms with E-state index in [1.165, 1.54) is 10.7 Å². The number of rotatable bonds is 7. The summed E-state index contributed by atoms with van der Waals surface area (Å²) >= 11 is 0. The highest BCUT2D eigenvalue weighted by Crippen LogP contribution is 2.31. The van der Waals surface area contributed by atoms with Gasteiger partial charge < -0.3 is 10.0 Å². The van der Waals surface area contributed by atoms with Gasteiger partial charge in [-0.05, 0) is 49.5 Å². The average molecular weight is 425 g/mol. The summed E-state index contributed by atoms with van der Waals surface area (Å²) in [6.07, 6.45) is 2.70. The zero-order chi connectivity index (χ0) is 21.0. The molecule has 3 aromatic carbocycles. The molecule has 0 radical (unpaired) electrons. The lowest BCUT2D eigenvalue weighted by atomic mass is 10.1. The monoisotopic (exact) mass is 424 g/mol. The number of fused-ring (bicyclic) bond motifs is 1. The molecule has 1 atom stereocenters. The summed E-state index contributed by atoms with van der Waals surface area (Å²) < 4.78 is 28.6. The lowest BCUT2D eigenvalue weighted by Gasteiger charge is -2.32. The molecular formula is C24H28N2O3S. The van der Waals surface area contributed by atoms with E-state index in [9.17, 15) is 13.5 Å². The van der Waals surface area contributed by atoms with Gasteiger partial charge in [0, 0.05) is 11.9 Å². The Balaban J connectivity index is 1.71. The third-order valence-corrected chi connectivity index (χ3v) is 7.45. The standard InChI is InChI=1S/C24H28N2O3S/c27-21(18-25-16-7-2-8-17-25)19-26(30(28,29)22-12-3-1-4-13-22)24-15-9-11-20-10-5-6-14-23(20)24/h1,3-6,9-15,21,27H,2,7-8,16-19H2/t21-/m1/s1. The Hall–Kier alpha value is -2.41. The first kappa shape index (κ1) is 20.8. The fourth-order valence-electron chi connectivity index (χ4n) is 4.16. The topological polar surface area (TPSA) is 60.9 Å². The Kier molecular flexibility index (Phi) is 6.37. The summed E-state index contributed by atoms with van der Waals surface area (Å²) in [6.45, 7) is 2.40. The molecule has 3 aromatic rings. The van der Waals surface area contributed by atoms with E-state index < -0.39 is 16.1 Å². The number of nitrogens with zero attached hydrogens (tertiary/aromatic N) is 2. The first-order chi connectivity index (χ1) is 14.6. The number of benzene rings is 3. The van der Waals surface area contributed by atoms with Crippen molar-refractivity contribution < 1.29 is 13.5 Å². The van der Waals surface area contributed by atoms with Crippen LogP contribution in [0, 0.1) is 0 Å². The highest BCUT2D eigenvalue weighted by Gasteiger charge is 2.29. The molecule has 1 N–H and O–H groups in total. The number of anilines is 1. The zero-order valence-electron chi connectivity index (χ0n) is 17.0. The maximum atomic E-state index is 13.6. The van der Waals surface area contributed by atoms with Crippen LogP contribution in [0.4, 0.5) is 5.69 Å². The van der Waals surface area contributed by atoms with Gasteiger partial charge >= 0.3 is 0 Å². The molecule has 0 aliphatic carbocycles. The zero-order valence-corrected chi connectivity index (χ0v) is 17.8. The van der Waals surface area contributed by atoms with Crippen molar-refractivity contribution >= 4 is 26.5 Å². The van der Waals surface area contributed by atoms with E-state index in [0.717, 1.165) is 36.7 Å². The number of aliphatic hydroxyl groups excluding tert-OH is 1. The van der Waals surface area contributed by atoms with Gasteiger partial charge in [0.05, 0.1) is 23.2 Å². The van der Waals surface area contributed by atoms with E-state index >= 15 is 0 Å². The van der Waals surface area contributed by atoms with Crippen LogP contribution in [0.2, 0.25) is 0 Å². The van der Waals surface area contributed by atoms with Gasteiger partial charge in [-0.25, -0.2) is 8.42 Å². The molecule has 1 aliphatic rings. The second kappa shape index (κ2) is 9.16. The van der Waals surface area contributed by atoms with Crippen LogP contribution in [0.25, 0.3) is 10.8 Å². The van der Waals surface area contributed by atoms with E-state index in [0.29, 0.717) is 12.2 Å². The second-order valence-electron chi connectivity index (χ2n) is 7.86. The van der Waals surface area contributed by atoms with E-state index in [2.05, 4.69) is 4.90 Å². The summed E-state index contributed by atoms with van der Waals surface area (Å²) in [5, 5.41) is 12.7. The molecule has 0 aromatic heterocycles. The van der Waals surface area contributed by atoms with Crippen molar-refractivity contribution in [2.24, 2.45) is 0 Å². The van der Waals surface area contributed by atoms with Crippen LogP contribution in [0.3, 0.4) is 0 Å². The van der Waals surface area contributed by atoms with Gasteiger partial charge in [-0.3, -0.25) is 4.31 Å². The molecule has 1 aliphatic heterocycles. The molecule has 1 saturated heterocycles. The Morgan fingerprint density at radius 1 is 0.867 bits per heavy atom. The number of likely N-dealkylation sites (tertiary alicyclic amines) is 1. The maximum Gasteiger partial charge on any atom is 0.264 e. The summed E-state index contributed by atoms with van der Waals surface area (Å²) in [5.41, 5.74) is 0.592. The minimum Gasteiger partial charge on any atom is -0.390 e. The number of hydrogen-bond donors (Lipinski definition) is 1. The SMILES string of the molecule is O=S(=O)(c1ccccc1)N(C[C@H](O)CN1CCCCC1)c1cccc2ccccc12. The summed E-state index contributed by atoms with van der Waals surface area (Å²) in [4.78, 5) is 2.45. The number of piperidine rings is 1. The predicted octanol–water partition coefficient (Wildman–Crippen LogP) is 3.88. The van der Waals surface area contributed by atoms with Crippen LogP contribution in [0.5, 0.6) is 0 Å². The van der Waals surface area contributed by atoms with Gasteiger partial charge in [0.15, 0.2) is 0 Å². The predicted molar refractivity (Wildman–Crippen MR) is 121 cm³/mol. The highest BCUT2D eigenvalue weighted by atomic mass is 32.2. The van der Waals surface area contributed by atoms with Crippen molar-refractivity contribution in [2.45, 2.75) is 30.3 Å². The molecule has 1 fully saturated rings. The minimum atomic E-state index is -3.83. The van der Waals surface area contributed by atoms with Gasteiger partial charge in [0.1, 0.15) is 0 Å². The molecule has 0 saturated carbocycles. The smallest absolute Gasteiger partial charge is 0.264 e. The second-order valence-corrected chi connectivity index (χ2v) is 9.72. The molecule has 0 bridgehead atoms. The van der Waals surface area contributed by atoms with Gasteiger partial charge in [-0.1, -0.05) is 61.0 Å². The van der Waals surface area contributed by atoms with Crippen molar-refractivity contribution in [3.05, 3.63) is 72.8 Å². The molecule has 158 valence electrons. The van der Waals surface area contributed by atoms with Crippen LogP contribution in [0.1, 0.15) is 19.3 Å². The lowest BCUT2D eigenvalue weighted by Crippen LogP contribution is -2.44. The first-order valence-electron chi connectivity index (χ1n) is 10.5. The fourth-order valence-corrected chi connectivity index (χ4v) is 5.70. The quantitative estimate of drug-likeness (QED) is 0.625. The molecule has 1 heterocycles. The fraction of sp³-hybridized carbons (Fsp3) is 0.333. The summed E-state index contributed by atoms with van der Waals surface area (Å²) in [5.74, 6) is 0. The number of sulfonamides is 1. The Labute approximate surface area is 178 Å². The van der Waals surface area contributed by atoms with E-state index in [4.69, 9.17) is 0 Å². The normalized spacial score (nSPS) is 16.4. The third-order valence-electron chi connectivity index (χ3n) is 5.66. The van der Waals surface area contributed by atoms with Gasteiger partial charge in [-0.2, -0.15) is 0 Å². The van der Waals surface area contributed by atoms with Gasteiger partial charge in [0.25, 0.3) is 10.0 Å². The molecule has 30 heavy (non-hydrogen) atoms. The Morgan fingerprint density at radius 2 is 1.53 bits per heavy atom. The maximum absolute atomic E-state index is 13.6. The van der Waals surface area contributed by atoms with E-state index in [1.807, 2.05) is 42.5 Å². The van der Waals surface area contributed by atoms with Crippen LogP contribution in [0.15, 0.2) is 77.7 Å². The molecule has 4 rings (SSSR count). The van der Waals surface area contributed by atoms with Crippen molar-refractivity contribution in [1.29, 1.82) is 0 Å². The van der Waals surface area contributed by atoms with Crippen LogP contribution >= 0.6 is 0 Å². The Bertz CT molecular complexity index is 1070. The van der Waals surface area contributed by atoms with Crippen LogP contribution < -0.4 is 4.31 Å². The largest absolute Gasteiger partial charge is 0.390 e. The van der Waals surface area contributed by atoms with Crippen LogP contribution in [-0.4, -0.2) is 50.7 Å². The number of β-amino-alcohol motifs (C(OH)–C–C–N with tert-alkyl or cyclic N) is 1. The average Bonchev–Trinajstić information content (AvgIpc) is 2.78. The van der Waals surface area contributed by atoms with Crippen molar-refractivity contribution in [3.63, 3.8) is 0 Å². The van der Waals surface area contributed by atoms with Crippen molar-refractivity contribution in [1.82, 2.24) is 4.90 Å². The molecule has 0 unspecified atom stereocenters. The van der Waals surface area contributed by atoms with E-state index in [-0.39, 0.29) is 11.4 Å². The number of hydrogen-bond acceptors (Lipinski definition) is 4. The van der Waals surface area contributed by atoms with Crippen molar-refractivity contribution in [2.75, 3.05) is 30.5 Å². The van der Waals surface area contributed by atoms with E-state index in [1.54, 1.807) is 30.3 Å².